The Morgan fingerprint density at radius 1 is 1.21 bits per heavy atom. The minimum Gasteiger partial charge on any atom is -0.481 e. The molecule has 0 saturated heterocycles. The van der Waals surface area contributed by atoms with E-state index in [0.717, 1.165) is 9.13 Å². The van der Waals surface area contributed by atoms with Gasteiger partial charge < -0.3 is 25.6 Å². The maximum Gasteiger partial charge on any atom is 0.326 e. The number of hydrogen-bond acceptors (Lipinski definition) is 4. The highest BCUT2D eigenvalue weighted by atomic mass is 127. The Morgan fingerprint density at radius 2 is 1.92 bits per heavy atom. The van der Waals surface area contributed by atoms with Crippen LogP contribution in [0.25, 0.3) is 0 Å². The van der Waals surface area contributed by atoms with Crippen LogP contribution in [0.1, 0.15) is 18.4 Å². The van der Waals surface area contributed by atoms with Crippen LogP contribution in [0, 0.1) is 3.57 Å². The number of urea groups is 1. The summed E-state index contributed by atoms with van der Waals surface area (Å²) in [6, 6.07) is 4.19. The summed E-state index contributed by atoms with van der Waals surface area (Å²) < 4.78 is 0.938. The van der Waals surface area contributed by atoms with Gasteiger partial charge in [0.2, 0.25) is 0 Å². The number of halogens is 1. The molecule has 0 unspecified atom stereocenters. The fourth-order valence-electron chi connectivity index (χ4n) is 1.92. The van der Waals surface area contributed by atoms with E-state index in [2.05, 4.69) is 33.2 Å². The van der Waals surface area contributed by atoms with Crippen LogP contribution in [0.15, 0.2) is 24.3 Å². The van der Waals surface area contributed by atoms with Gasteiger partial charge in [0.1, 0.15) is 12.3 Å². The van der Waals surface area contributed by atoms with Gasteiger partial charge in [0.15, 0.2) is 0 Å². The highest BCUT2D eigenvalue weighted by molar-refractivity contribution is 14.1. The summed E-state index contributed by atoms with van der Waals surface area (Å²) in [4.78, 5) is 44.5. The molecule has 130 valence electrons. The van der Waals surface area contributed by atoms with Gasteiger partial charge in [-0.1, -0.05) is 12.1 Å². The number of carbonyl (C=O) groups excluding carboxylic acids is 2. The molecule has 2 amide bonds. The molecule has 0 bridgehead atoms. The van der Waals surface area contributed by atoms with Crippen molar-refractivity contribution in [3.63, 3.8) is 0 Å². The first kappa shape index (κ1) is 19.9. The van der Waals surface area contributed by atoms with Crippen LogP contribution in [-0.4, -0.2) is 46.6 Å². The van der Waals surface area contributed by atoms with Crippen molar-refractivity contribution in [3.05, 3.63) is 33.4 Å². The summed E-state index contributed by atoms with van der Waals surface area (Å²) in [5.41, 5.74) is 0.743. The van der Waals surface area contributed by atoms with Crippen molar-refractivity contribution in [1.82, 2.24) is 10.6 Å². The van der Waals surface area contributed by atoms with E-state index < -0.39 is 30.1 Å². The summed E-state index contributed by atoms with van der Waals surface area (Å²) in [6.45, 7) is 0. The third-order valence-electron chi connectivity index (χ3n) is 3.08. The van der Waals surface area contributed by atoms with E-state index in [1.807, 2.05) is 6.07 Å². The number of hydrogen-bond donors (Lipinski definition) is 4. The number of carboxylic acids is 2. The van der Waals surface area contributed by atoms with Gasteiger partial charge in [-0.2, -0.15) is 0 Å². The van der Waals surface area contributed by atoms with Crippen molar-refractivity contribution >= 4 is 46.8 Å². The normalized spacial score (nSPS) is 12.7. The maximum atomic E-state index is 11.8. The second kappa shape index (κ2) is 9.85. The number of carboxylic acid groups (broad SMARTS) is 2. The molecule has 1 aromatic carbocycles. The van der Waals surface area contributed by atoms with Crippen LogP contribution in [0.2, 0.25) is 0 Å². The molecule has 0 aliphatic carbocycles. The van der Waals surface area contributed by atoms with Crippen molar-refractivity contribution in [2.75, 3.05) is 0 Å². The fourth-order valence-corrected chi connectivity index (χ4v) is 2.53. The monoisotopic (exact) mass is 448 g/mol. The lowest BCUT2D eigenvalue weighted by atomic mass is 10.1. The zero-order chi connectivity index (χ0) is 18.1. The highest BCUT2D eigenvalue weighted by Gasteiger charge is 2.22. The molecule has 0 saturated carbocycles. The summed E-state index contributed by atoms with van der Waals surface area (Å²) in [6.07, 6.45) is 0.147. The van der Waals surface area contributed by atoms with Crippen LogP contribution < -0.4 is 10.6 Å². The minimum atomic E-state index is -1.21. The number of aldehydes is 1. The average Bonchev–Trinajstić information content (AvgIpc) is 2.50. The fraction of sp³-hybridized carbons (Fsp3) is 0.333. The van der Waals surface area contributed by atoms with Crippen LogP contribution >= 0.6 is 22.6 Å². The molecule has 1 rings (SSSR count). The molecule has 0 aliphatic rings. The zero-order valence-electron chi connectivity index (χ0n) is 12.6. The topological polar surface area (TPSA) is 133 Å². The van der Waals surface area contributed by atoms with Gasteiger partial charge in [0.05, 0.1) is 6.04 Å². The third kappa shape index (κ3) is 7.40. The molecule has 4 N–H and O–H groups in total. The largest absolute Gasteiger partial charge is 0.481 e. The predicted octanol–water partition coefficient (Wildman–Crippen LogP) is 1.02. The van der Waals surface area contributed by atoms with Crippen molar-refractivity contribution in [2.45, 2.75) is 31.3 Å². The van der Waals surface area contributed by atoms with Crippen molar-refractivity contribution < 1.29 is 29.4 Å². The van der Waals surface area contributed by atoms with Crippen LogP contribution in [0.3, 0.4) is 0 Å². The molecule has 0 aliphatic heterocycles. The number of amides is 2. The molecule has 0 heterocycles. The van der Waals surface area contributed by atoms with Gasteiger partial charge in [0.25, 0.3) is 0 Å². The van der Waals surface area contributed by atoms with Gasteiger partial charge in [-0.25, -0.2) is 9.59 Å². The van der Waals surface area contributed by atoms with Crippen molar-refractivity contribution in [3.8, 4) is 0 Å². The predicted molar refractivity (Wildman–Crippen MR) is 92.7 cm³/mol. The summed E-state index contributed by atoms with van der Waals surface area (Å²) in [5, 5.41) is 22.3. The molecule has 9 heteroatoms. The Balaban J connectivity index is 2.63. The quantitative estimate of drug-likeness (QED) is 0.330. The Hall–Kier alpha value is -2.17. The van der Waals surface area contributed by atoms with Gasteiger partial charge in [-0.05, 0) is 46.7 Å². The Kier molecular flexibility index (Phi) is 8.16. The molecular formula is C15H17IN2O6. The average molecular weight is 448 g/mol. The third-order valence-corrected chi connectivity index (χ3v) is 3.75. The van der Waals surface area contributed by atoms with Crippen LogP contribution in [0.5, 0.6) is 0 Å². The van der Waals surface area contributed by atoms with Crippen molar-refractivity contribution in [1.29, 1.82) is 0 Å². The zero-order valence-corrected chi connectivity index (χ0v) is 14.7. The van der Waals surface area contributed by atoms with E-state index in [1.54, 1.807) is 18.2 Å². The SMILES string of the molecule is O=C[C@H](CCC(=O)O)NC(=O)N[C@@H](Cc1cccc(I)c1)C(=O)O. The van der Waals surface area contributed by atoms with Gasteiger partial charge in [-0.3, -0.25) is 4.79 Å². The molecule has 8 nitrogen and oxygen atoms in total. The van der Waals surface area contributed by atoms with E-state index >= 15 is 0 Å². The standard InChI is InChI=1S/C15H17IN2O6/c16-10-3-1-2-9(6-10)7-12(14(22)23)18-15(24)17-11(8-19)4-5-13(20)21/h1-3,6,8,11-12H,4-5,7H2,(H,20,21)(H,22,23)(H2,17,18,24)/t11-,12-/m0/s1. The van der Waals surface area contributed by atoms with Gasteiger partial charge >= 0.3 is 18.0 Å². The Bertz CT molecular complexity index is 622. The molecule has 1 aromatic rings. The van der Waals surface area contributed by atoms with Gasteiger partial charge in [0, 0.05) is 16.4 Å². The maximum absolute atomic E-state index is 11.8. The molecule has 0 spiro atoms. The number of aliphatic carboxylic acids is 2. The summed E-state index contributed by atoms with van der Waals surface area (Å²) in [5.74, 6) is -2.30. The van der Waals surface area contributed by atoms with E-state index in [-0.39, 0.29) is 19.3 Å². The lowest BCUT2D eigenvalue weighted by Crippen LogP contribution is -2.50. The first-order valence-corrected chi connectivity index (χ1v) is 8.11. The lowest BCUT2D eigenvalue weighted by Gasteiger charge is -2.17. The molecule has 0 radical (unpaired) electrons. The van der Waals surface area contributed by atoms with E-state index in [0.29, 0.717) is 6.29 Å². The molecule has 2 atom stereocenters. The summed E-state index contributed by atoms with van der Waals surface area (Å²) >= 11 is 2.10. The number of carbonyl (C=O) groups is 4. The second-order valence-corrected chi connectivity index (χ2v) is 6.26. The van der Waals surface area contributed by atoms with Crippen LogP contribution in [-0.2, 0) is 20.8 Å². The molecular weight excluding hydrogens is 431 g/mol. The lowest BCUT2D eigenvalue weighted by molar-refractivity contribution is -0.139. The number of nitrogens with one attached hydrogen (secondary N) is 2. The van der Waals surface area contributed by atoms with Crippen molar-refractivity contribution in [2.24, 2.45) is 0 Å². The molecule has 24 heavy (non-hydrogen) atoms. The Labute approximate surface area is 151 Å². The van der Waals surface area contributed by atoms with E-state index in [4.69, 9.17) is 5.11 Å². The van der Waals surface area contributed by atoms with Gasteiger partial charge in [-0.15, -0.1) is 0 Å². The minimum absolute atomic E-state index is 0.0686. The molecule has 0 aromatic heterocycles. The second-order valence-electron chi connectivity index (χ2n) is 5.02. The number of rotatable bonds is 9. The Morgan fingerprint density at radius 3 is 2.46 bits per heavy atom. The summed E-state index contributed by atoms with van der Waals surface area (Å²) in [7, 11) is 0. The smallest absolute Gasteiger partial charge is 0.326 e. The highest BCUT2D eigenvalue weighted by Crippen LogP contribution is 2.10. The first-order chi connectivity index (χ1) is 11.3. The van der Waals surface area contributed by atoms with E-state index in [1.165, 1.54) is 0 Å². The molecule has 0 fully saturated rings. The number of benzene rings is 1. The van der Waals surface area contributed by atoms with Crippen LogP contribution in [0.4, 0.5) is 4.79 Å². The van der Waals surface area contributed by atoms with E-state index in [9.17, 15) is 24.3 Å². The first-order valence-electron chi connectivity index (χ1n) is 7.03.